The first kappa shape index (κ1) is 20.0. The fraction of sp³-hybridized carbons (Fsp3) is 0.533. The number of hydrogen-bond acceptors (Lipinski definition) is 3. The van der Waals surface area contributed by atoms with Crippen LogP contribution in [-0.4, -0.2) is 18.6 Å². The van der Waals surface area contributed by atoms with Gasteiger partial charge < -0.3 is 15.8 Å². The molecule has 0 saturated carbocycles. The van der Waals surface area contributed by atoms with Gasteiger partial charge >= 0.3 is 0 Å². The van der Waals surface area contributed by atoms with Crippen LogP contribution in [0.15, 0.2) is 18.2 Å². The second-order valence-electron chi connectivity index (χ2n) is 4.81. The molecule has 1 rings (SSSR count). The van der Waals surface area contributed by atoms with Gasteiger partial charge in [0.2, 0.25) is 5.91 Å². The van der Waals surface area contributed by atoms with E-state index in [9.17, 15) is 4.79 Å². The summed E-state index contributed by atoms with van der Waals surface area (Å²) in [7, 11) is 0. The van der Waals surface area contributed by atoms with Crippen molar-refractivity contribution in [3.8, 4) is 5.75 Å². The van der Waals surface area contributed by atoms with Crippen molar-refractivity contribution in [2.45, 2.75) is 39.8 Å². The molecule has 0 aromatic heterocycles. The van der Waals surface area contributed by atoms with Crippen molar-refractivity contribution in [1.29, 1.82) is 0 Å². The van der Waals surface area contributed by atoms with Crippen molar-refractivity contribution in [3.05, 3.63) is 28.8 Å². The molecule has 1 amide bonds. The minimum absolute atomic E-state index is 0. The van der Waals surface area contributed by atoms with Gasteiger partial charge in [-0.3, -0.25) is 4.79 Å². The summed E-state index contributed by atoms with van der Waals surface area (Å²) in [5.74, 6) is 0.709. The van der Waals surface area contributed by atoms with Gasteiger partial charge in [-0.05, 0) is 25.0 Å². The van der Waals surface area contributed by atoms with E-state index in [1.165, 1.54) is 0 Å². The number of halogens is 2. The normalized spacial score (nSPS) is 13.0. The van der Waals surface area contributed by atoms with E-state index < -0.39 is 6.04 Å². The largest absolute Gasteiger partial charge is 0.493 e. The summed E-state index contributed by atoms with van der Waals surface area (Å²) in [5.41, 5.74) is 6.78. The lowest BCUT2D eigenvalue weighted by atomic mass is 9.99. The van der Waals surface area contributed by atoms with Crippen molar-refractivity contribution in [3.63, 3.8) is 0 Å². The fourth-order valence-corrected chi connectivity index (χ4v) is 1.94. The Morgan fingerprint density at radius 3 is 2.67 bits per heavy atom. The van der Waals surface area contributed by atoms with Crippen molar-refractivity contribution in [2.75, 3.05) is 6.61 Å². The highest BCUT2D eigenvalue weighted by molar-refractivity contribution is 6.30. The Kier molecular flexibility index (Phi) is 9.42. The lowest BCUT2D eigenvalue weighted by molar-refractivity contribution is -0.123. The van der Waals surface area contributed by atoms with Gasteiger partial charge in [0, 0.05) is 17.1 Å². The number of benzene rings is 1. The van der Waals surface area contributed by atoms with E-state index in [-0.39, 0.29) is 24.2 Å². The van der Waals surface area contributed by atoms with Gasteiger partial charge in [-0.2, -0.15) is 0 Å². The van der Waals surface area contributed by atoms with Crippen molar-refractivity contribution >= 4 is 29.9 Å². The van der Waals surface area contributed by atoms with Crippen LogP contribution >= 0.6 is 24.0 Å². The Hall–Kier alpha value is -0.970. The highest BCUT2D eigenvalue weighted by Crippen LogP contribution is 2.23. The molecule has 0 radical (unpaired) electrons. The Morgan fingerprint density at radius 1 is 1.43 bits per heavy atom. The number of nitrogens with two attached hydrogens (primary N) is 1. The molecule has 1 aromatic rings. The topological polar surface area (TPSA) is 64.3 Å². The van der Waals surface area contributed by atoms with Crippen LogP contribution in [0.25, 0.3) is 0 Å². The Labute approximate surface area is 137 Å². The van der Waals surface area contributed by atoms with Crippen LogP contribution < -0.4 is 15.8 Å². The molecule has 3 N–H and O–H groups in total. The number of nitrogens with one attached hydrogen (secondary N) is 1. The number of carbonyl (C=O) groups excluding carboxylic acids is 1. The maximum absolute atomic E-state index is 11.9. The van der Waals surface area contributed by atoms with E-state index in [0.29, 0.717) is 23.9 Å². The van der Waals surface area contributed by atoms with E-state index >= 15 is 0 Å². The van der Waals surface area contributed by atoms with Gasteiger partial charge in [0.05, 0.1) is 12.6 Å². The van der Waals surface area contributed by atoms with Crippen LogP contribution in [0.4, 0.5) is 0 Å². The van der Waals surface area contributed by atoms with Crippen LogP contribution in [0.1, 0.15) is 32.8 Å². The van der Waals surface area contributed by atoms with Crippen LogP contribution in [0.3, 0.4) is 0 Å². The molecule has 6 heteroatoms. The van der Waals surface area contributed by atoms with Gasteiger partial charge in [-0.25, -0.2) is 0 Å². The summed E-state index contributed by atoms with van der Waals surface area (Å²) in [4.78, 5) is 11.9. The molecule has 1 aromatic carbocycles. The first-order valence-corrected chi connectivity index (χ1v) is 7.31. The summed E-state index contributed by atoms with van der Waals surface area (Å²) >= 11 is 5.94. The van der Waals surface area contributed by atoms with Gasteiger partial charge in [0.1, 0.15) is 5.75 Å². The van der Waals surface area contributed by atoms with Gasteiger partial charge in [-0.1, -0.05) is 37.9 Å². The standard InChI is InChI=1S/C15H23ClN2O2.ClH/c1-4-10(3)14(17)15(19)18-9-11-6-7-12(16)8-13(11)20-5-2;/h6-8,10,14H,4-5,9,17H2,1-3H3,(H,18,19);1H. The Bertz CT molecular complexity index is 455. The lowest BCUT2D eigenvalue weighted by Gasteiger charge is -2.18. The molecule has 0 saturated heterocycles. The number of rotatable bonds is 7. The summed E-state index contributed by atoms with van der Waals surface area (Å²) in [6.07, 6.45) is 0.875. The summed E-state index contributed by atoms with van der Waals surface area (Å²) in [6.45, 7) is 6.83. The van der Waals surface area contributed by atoms with E-state index in [2.05, 4.69) is 5.32 Å². The Morgan fingerprint density at radius 2 is 2.10 bits per heavy atom. The molecule has 0 fully saturated rings. The molecule has 2 unspecified atom stereocenters. The summed E-state index contributed by atoms with van der Waals surface area (Å²) in [6, 6.07) is 4.90. The molecule has 21 heavy (non-hydrogen) atoms. The highest BCUT2D eigenvalue weighted by Gasteiger charge is 2.19. The van der Waals surface area contributed by atoms with Crippen LogP contribution in [0.5, 0.6) is 5.75 Å². The van der Waals surface area contributed by atoms with Gasteiger partial charge in [-0.15, -0.1) is 12.4 Å². The maximum Gasteiger partial charge on any atom is 0.237 e. The maximum atomic E-state index is 11.9. The fourth-order valence-electron chi connectivity index (χ4n) is 1.78. The van der Waals surface area contributed by atoms with Gasteiger partial charge in [0.25, 0.3) is 0 Å². The van der Waals surface area contributed by atoms with Crippen molar-refractivity contribution in [1.82, 2.24) is 5.32 Å². The van der Waals surface area contributed by atoms with Crippen molar-refractivity contribution in [2.24, 2.45) is 11.7 Å². The summed E-state index contributed by atoms with van der Waals surface area (Å²) in [5, 5.41) is 3.46. The van der Waals surface area contributed by atoms with Crippen molar-refractivity contribution < 1.29 is 9.53 Å². The molecule has 0 aliphatic rings. The average Bonchev–Trinajstić information content (AvgIpc) is 2.44. The number of ether oxygens (including phenoxy) is 1. The molecule has 0 aliphatic carbocycles. The molecular formula is C15H24Cl2N2O2. The number of carbonyl (C=O) groups is 1. The third-order valence-corrected chi connectivity index (χ3v) is 3.58. The predicted octanol–water partition coefficient (Wildman–Crippen LogP) is 3.15. The minimum Gasteiger partial charge on any atom is -0.493 e. The second kappa shape index (κ2) is 9.87. The minimum atomic E-state index is -0.483. The van der Waals surface area contributed by atoms with Crippen LogP contribution in [0.2, 0.25) is 5.02 Å². The molecule has 2 atom stereocenters. The summed E-state index contributed by atoms with van der Waals surface area (Å²) < 4.78 is 5.51. The molecule has 120 valence electrons. The first-order valence-electron chi connectivity index (χ1n) is 6.94. The third-order valence-electron chi connectivity index (χ3n) is 3.34. The molecule has 0 aliphatic heterocycles. The molecule has 4 nitrogen and oxygen atoms in total. The van der Waals surface area contributed by atoms with Gasteiger partial charge in [0.15, 0.2) is 0 Å². The molecule has 0 spiro atoms. The molecule has 0 heterocycles. The second-order valence-corrected chi connectivity index (χ2v) is 5.25. The zero-order valence-electron chi connectivity index (χ0n) is 12.7. The third kappa shape index (κ3) is 6.12. The number of amides is 1. The van der Waals surface area contributed by atoms with Crippen LogP contribution in [-0.2, 0) is 11.3 Å². The number of hydrogen-bond donors (Lipinski definition) is 2. The smallest absolute Gasteiger partial charge is 0.237 e. The van der Waals surface area contributed by atoms with Crippen LogP contribution in [0, 0.1) is 5.92 Å². The zero-order valence-corrected chi connectivity index (χ0v) is 14.3. The van der Waals surface area contributed by atoms with E-state index in [4.69, 9.17) is 22.1 Å². The highest BCUT2D eigenvalue weighted by atomic mass is 35.5. The lowest BCUT2D eigenvalue weighted by Crippen LogP contribution is -2.44. The molecular weight excluding hydrogens is 311 g/mol. The average molecular weight is 335 g/mol. The predicted molar refractivity (Wildman–Crippen MR) is 89.1 cm³/mol. The molecule has 0 bridgehead atoms. The monoisotopic (exact) mass is 334 g/mol. The quantitative estimate of drug-likeness (QED) is 0.804. The zero-order chi connectivity index (χ0) is 15.1. The first-order chi connectivity index (χ1) is 9.49. The van der Waals surface area contributed by atoms with E-state index in [1.54, 1.807) is 12.1 Å². The van der Waals surface area contributed by atoms with E-state index in [1.807, 2.05) is 26.8 Å². The SMILES string of the molecule is CCOc1cc(Cl)ccc1CNC(=O)C(N)C(C)CC.Cl. The van der Waals surface area contributed by atoms with E-state index in [0.717, 1.165) is 12.0 Å². The Balaban J connectivity index is 0.00000400.